The van der Waals surface area contributed by atoms with Gasteiger partial charge in [-0.25, -0.2) is 0 Å². The van der Waals surface area contributed by atoms with Gasteiger partial charge in [-0.05, 0) is 126 Å². The summed E-state index contributed by atoms with van der Waals surface area (Å²) in [4.78, 5) is 16.1. The van der Waals surface area contributed by atoms with E-state index in [-0.39, 0.29) is 141 Å². The summed E-state index contributed by atoms with van der Waals surface area (Å²) in [6.45, 7) is 12.2. The van der Waals surface area contributed by atoms with E-state index < -0.39 is 22.2 Å². The summed E-state index contributed by atoms with van der Waals surface area (Å²) in [5.41, 5.74) is -1.34. The van der Waals surface area contributed by atoms with Gasteiger partial charge in [-0.3, -0.25) is 20.0 Å². The van der Waals surface area contributed by atoms with Crippen LogP contribution < -0.4 is 40.9 Å². The Morgan fingerprint density at radius 1 is 0.333 bits per heavy atom. The van der Waals surface area contributed by atoms with Crippen molar-refractivity contribution in [3.8, 4) is 46.0 Å². The number of aliphatic hydroxyl groups excluding tert-OH is 4. The van der Waals surface area contributed by atoms with Crippen LogP contribution in [-0.2, 0) is 68.3 Å². The Bertz CT molecular complexity index is 1820. The predicted octanol–water partition coefficient (Wildman–Crippen LogP) is -1.48. The van der Waals surface area contributed by atoms with Crippen molar-refractivity contribution in [2.75, 3.05) is 54.9 Å². The van der Waals surface area contributed by atoms with Crippen molar-refractivity contribution in [3.63, 3.8) is 0 Å². The van der Waals surface area contributed by atoms with E-state index in [4.69, 9.17) is 40.9 Å². The minimum atomic E-state index is -0.704. The Hall–Kier alpha value is -4.28. The van der Waals surface area contributed by atoms with Crippen LogP contribution in [0.1, 0.15) is 77.6 Å². The molecular weight excluding hydrogens is 1140 g/mol. The van der Waals surface area contributed by atoms with E-state index in [0.717, 1.165) is 52.7 Å². The average Bonchev–Trinajstić information content (AvgIpc) is 3.31. The summed E-state index contributed by atoms with van der Waals surface area (Å²) >= 11 is 0. The van der Waals surface area contributed by atoms with Crippen LogP contribution >= 0.6 is 0 Å². The number of aromatic hydroxyl groups is 4. The number of rotatable bonds is 12. The Morgan fingerprint density at radius 3 is 0.583 bits per heavy atom. The van der Waals surface area contributed by atoms with Crippen molar-refractivity contribution >= 4 is 24.9 Å². The Balaban J connectivity index is -0.000000118. The van der Waals surface area contributed by atoms with Gasteiger partial charge in [0.15, 0.2) is 0 Å². The molecule has 0 aliphatic carbocycles. The predicted molar refractivity (Wildman–Crippen MR) is 249 cm³/mol. The van der Waals surface area contributed by atoms with Crippen LogP contribution in [0, 0.1) is 0 Å². The standard InChI is InChI=1S/4C11H14NO3.4CH4O.4Cu/c4*1-11(2,7-13)12-6-8-3-4-9(14)5-10(8)15;4*1-2;;;;/h4*3-6,14-15H,7H2,1-2H3;4*2H,1H3;;;;/q4*-1;;;;;4*+2/p-4. The second-order valence-corrected chi connectivity index (χ2v) is 15.7. The van der Waals surface area contributed by atoms with Crippen molar-refractivity contribution in [3.05, 3.63) is 95.1 Å². The van der Waals surface area contributed by atoms with Crippen molar-refractivity contribution < 1.29 is 150 Å². The van der Waals surface area contributed by atoms with Crippen LogP contribution in [0.4, 0.5) is 0 Å². The van der Waals surface area contributed by atoms with E-state index in [0.29, 0.717) is 22.3 Å². The zero-order valence-electron chi connectivity index (χ0n) is 41.9. The number of aliphatic imine (C=N–C) groups is 4. The Labute approximate surface area is 465 Å². The minimum absolute atomic E-state index is 0. The molecule has 4 aromatic carbocycles. The molecule has 4 rings (SSSR count). The summed E-state index contributed by atoms with van der Waals surface area (Å²) < 4.78 is 0. The summed E-state index contributed by atoms with van der Waals surface area (Å²) in [5, 5.41) is 152. The first-order valence-electron chi connectivity index (χ1n) is 20.1. The fourth-order valence-corrected chi connectivity index (χ4v) is 3.65. The number of hydrogen-bond donors (Lipinski definition) is 8. The second-order valence-electron chi connectivity index (χ2n) is 15.7. The molecule has 4 radical (unpaired) electrons. The van der Waals surface area contributed by atoms with Gasteiger partial charge in [-0.2, -0.15) is 0 Å². The largest absolute Gasteiger partial charge is 2.00 e. The number of hydrogen-bond acceptors (Lipinski definition) is 20. The van der Waals surface area contributed by atoms with Gasteiger partial charge in [0.05, 0.1) is 0 Å². The van der Waals surface area contributed by atoms with Crippen molar-refractivity contribution in [1.29, 1.82) is 0 Å². The molecule has 20 nitrogen and oxygen atoms in total. The SMILES string of the molecule is CC(C)(C[O-])N=Cc1ccc(O)cc1[O-].CC(C)(C[O-])N=Cc1ccc(O)cc1[O-].CC(C)(C[O-])N=Cc1ccc(O)cc1[O-].CC(C)(C[O-])N=Cc1ccc(O)cc1[O-].CO.CO.CO.CO.[Cu+2].[Cu+2].[Cu+2].[Cu+2]. The summed E-state index contributed by atoms with van der Waals surface area (Å²) in [6, 6.07) is 16.0. The maximum atomic E-state index is 11.3. The molecule has 8 N–H and O–H groups in total. The minimum Gasteiger partial charge on any atom is -0.872 e. The summed E-state index contributed by atoms with van der Waals surface area (Å²) in [7, 11) is 4.00. The van der Waals surface area contributed by atoms with E-state index >= 15 is 0 Å². The molecule has 4 aromatic rings. The van der Waals surface area contributed by atoms with Gasteiger partial charge in [0.1, 0.15) is 23.0 Å². The molecule has 0 unspecified atom stereocenters. The molecule has 24 heteroatoms. The third-order valence-corrected chi connectivity index (χ3v) is 7.61. The number of phenolic OH excluding ortho intramolecular Hbond substituents is 4. The molecule has 0 bridgehead atoms. The number of nitrogens with zero attached hydrogens (tertiary/aromatic N) is 4. The maximum absolute atomic E-state index is 11.3. The number of benzene rings is 4. The van der Waals surface area contributed by atoms with Gasteiger partial charge >= 0.3 is 68.3 Å². The van der Waals surface area contributed by atoms with E-state index in [1.807, 2.05) is 0 Å². The molecular formula is C48H68Cu4N4O16. The van der Waals surface area contributed by atoms with Gasteiger partial charge in [-0.1, -0.05) is 47.3 Å². The fraction of sp³-hybridized carbons (Fsp3) is 0.417. The molecule has 0 aromatic heterocycles. The van der Waals surface area contributed by atoms with E-state index in [9.17, 15) is 40.9 Å². The maximum Gasteiger partial charge on any atom is 2.00 e. The topological polar surface area (TPSA) is 396 Å². The molecule has 0 amide bonds. The molecule has 72 heavy (non-hydrogen) atoms. The van der Waals surface area contributed by atoms with E-state index in [1.54, 1.807) is 55.4 Å². The second kappa shape index (κ2) is 45.3. The molecule has 0 heterocycles. The summed E-state index contributed by atoms with van der Waals surface area (Å²) in [6.07, 6.45) is 5.50. The van der Waals surface area contributed by atoms with Crippen LogP contribution in [0.3, 0.4) is 0 Å². The first kappa shape index (κ1) is 84.5. The molecule has 420 valence electrons. The van der Waals surface area contributed by atoms with Crippen molar-refractivity contribution in [2.24, 2.45) is 20.0 Å². The van der Waals surface area contributed by atoms with Gasteiger partial charge < -0.3 is 81.7 Å². The smallest absolute Gasteiger partial charge is 0.872 e. The first-order valence-corrected chi connectivity index (χ1v) is 20.1. The molecule has 0 aliphatic rings. The van der Waals surface area contributed by atoms with Crippen molar-refractivity contribution in [1.82, 2.24) is 0 Å². The molecule has 0 atom stereocenters. The van der Waals surface area contributed by atoms with Crippen LogP contribution in [-0.4, -0.2) is 143 Å². The van der Waals surface area contributed by atoms with E-state index in [2.05, 4.69) is 20.0 Å². The van der Waals surface area contributed by atoms with Gasteiger partial charge in [0.25, 0.3) is 0 Å². The quantitative estimate of drug-likeness (QED) is 0.0592. The van der Waals surface area contributed by atoms with Crippen LogP contribution in [0.25, 0.3) is 0 Å². The molecule has 0 saturated carbocycles. The average molecular weight is 1210 g/mol. The normalized spacial score (nSPS) is 10.5. The fourth-order valence-electron chi connectivity index (χ4n) is 3.65. The monoisotopic (exact) mass is 1210 g/mol. The zero-order valence-corrected chi connectivity index (χ0v) is 45.7. The van der Waals surface area contributed by atoms with Crippen LogP contribution in [0.2, 0.25) is 0 Å². The van der Waals surface area contributed by atoms with Gasteiger partial charge in [-0.15, -0.1) is 26.4 Å². The third-order valence-electron chi connectivity index (χ3n) is 7.61. The molecule has 0 fully saturated rings. The Kier molecular flexibility index (Phi) is 53.2. The van der Waals surface area contributed by atoms with Gasteiger partial charge in [0.2, 0.25) is 0 Å². The number of aliphatic hydroxyl groups is 4. The molecule has 0 spiro atoms. The first-order chi connectivity index (χ1) is 31.8. The molecule has 0 saturated heterocycles. The van der Waals surface area contributed by atoms with E-state index in [1.165, 1.54) is 73.4 Å². The van der Waals surface area contributed by atoms with Gasteiger partial charge in [0, 0.05) is 75.5 Å². The van der Waals surface area contributed by atoms with Crippen LogP contribution in [0.15, 0.2) is 92.8 Å². The Morgan fingerprint density at radius 2 is 0.472 bits per heavy atom. The van der Waals surface area contributed by atoms with Crippen molar-refractivity contribution in [2.45, 2.75) is 77.5 Å². The summed E-state index contributed by atoms with van der Waals surface area (Å²) in [5.74, 6) is -1.50. The van der Waals surface area contributed by atoms with Crippen LogP contribution in [0.5, 0.6) is 46.0 Å². The molecule has 0 aliphatic heterocycles. The zero-order chi connectivity index (χ0) is 53.9. The third kappa shape index (κ3) is 39.3. The number of phenols is 4.